The summed E-state index contributed by atoms with van der Waals surface area (Å²) in [5.41, 5.74) is 0.292. The predicted molar refractivity (Wildman–Crippen MR) is 86.0 cm³/mol. The molecule has 0 fully saturated rings. The first kappa shape index (κ1) is 18.2. The van der Waals surface area contributed by atoms with Crippen LogP contribution in [0, 0.1) is 0 Å². The van der Waals surface area contributed by atoms with E-state index in [1.807, 2.05) is 0 Å². The summed E-state index contributed by atoms with van der Waals surface area (Å²) in [7, 11) is 0. The minimum absolute atomic E-state index is 0.275. The zero-order valence-electron chi connectivity index (χ0n) is 13.6. The van der Waals surface area contributed by atoms with E-state index in [0.717, 1.165) is 19.3 Å². The molecular weight excluding hydrogens is 280 g/mol. The van der Waals surface area contributed by atoms with Gasteiger partial charge in [0.05, 0.1) is 6.61 Å². The normalized spacial score (nSPS) is 10.3. The minimum Gasteiger partial charge on any atom is -0.462 e. The van der Waals surface area contributed by atoms with Gasteiger partial charge in [0.25, 0.3) is 0 Å². The standard InChI is InChI=1S/C18H26O4/c1-3-5-6-7-8-9-14-17(19)22-16-13-11-10-12-15(16)18(20)21-4-2/h10-13H,3-9,14H2,1-2H3. The molecule has 4 nitrogen and oxygen atoms in total. The lowest BCUT2D eigenvalue weighted by molar-refractivity contribution is -0.134. The van der Waals surface area contributed by atoms with E-state index in [1.54, 1.807) is 31.2 Å². The van der Waals surface area contributed by atoms with Crippen LogP contribution in [0.25, 0.3) is 0 Å². The van der Waals surface area contributed by atoms with E-state index in [0.29, 0.717) is 18.6 Å². The first-order chi connectivity index (χ1) is 10.7. The molecule has 0 N–H and O–H groups in total. The summed E-state index contributed by atoms with van der Waals surface area (Å²) < 4.78 is 10.3. The van der Waals surface area contributed by atoms with Crippen molar-refractivity contribution < 1.29 is 19.1 Å². The van der Waals surface area contributed by atoms with Gasteiger partial charge in [-0.2, -0.15) is 0 Å². The largest absolute Gasteiger partial charge is 0.462 e. The number of esters is 2. The molecule has 0 spiro atoms. The number of hydrogen-bond donors (Lipinski definition) is 0. The molecule has 0 radical (unpaired) electrons. The molecule has 122 valence electrons. The molecule has 22 heavy (non-hydrogen) atoms. The highest BCUT2D eigenvalue weighted by Gasteiger charge is 2.15. The van der Waals surface area contributed by atoms with Crippen LogP contribution in [0.15, 0.2) is 24.3 Å². The summed E-state index contributed by atoms with van der Waals surface area (Å²) >= 11 is 0. The third kappa shape index (κ3) is 6.74. The van der Waals surface area contributed by atoms with Gasteiger partial charge in [-0.25, -0.2) is 4.79 Å². The van der Waals surface area contributed by atoms with E-state index in [4.69, 9.17) is 9.47 Å². The van der Waals surface area contributed by atoms with E-state index in [-0.39, 0.29) is 11.7 Å². The monoisotopic (exact) mass is 306 g/mol. The van der Waals surface area contributed by atoms with Crippen molar-refractivity contribution >= 4 is 11.9 Å². The van der Waals surface area contributed by atoms with E-state index in [1.165, 1.54) is 19.3 Å². The molecule has 1 aromatic carbocycles. The maximum atomic E-state index is 11.9. The van der Waals surface area contributed by atoms with Gasteiger partial charge in [0.15, 0.2) is 0 Å². The van der Waals surface area contributed by atoms with Crippen LogP contribution in [0.5, 0.6) is 5.75 Å². The van der Waals surface area contributed by atoms with Crippen molar-refractivity contribution in [3.05, 3.63) is 29.8 Å². The fraction of sp³-hybridized carbons (Fsp3) is 0.556. The summed E-state index contributed by atoms with van der Waals surface area (Å²) in [5.74, 6) is -0.491. The van der Waals surface area contributed by atoms with Crippen molar-refractivity contribution in [3.63, 3.8) is 0 Å². The van der Waals surface area contributed by atoms with E-state index in [2.05, 4.69) is 6.92 Å². The van der Waals surface area contributed by atoms with Gasteiger partial charge in [-0.1, -0.05) is 51.2 Å². The molecule has 1 rings (SSSR count). The maximum Gasteiger partial charge on any atom is 0.341 e. The van der Waals surface area contributed by atoms with Crippen LogP contribution in [-0.4, -0.2) is 18.5 Å². The van der Waals surface area contributed by atoms with Gasteiger partial charge in [-0.3, -0.25) is 4.79 Å². The van der Waals surface area contributed by atoms with Crippen LogP contribution in [0.3, 0.4) is 0 Å². The molecular formula is C18H26O4. The highest BCUT2D eigenvalue weighted by Crippen LogP contribution is 2.20. The summed E-state index contributed by atoms with van der Waals surface area (Å²) in [6.07, 6.45) is 7.07. The Morgan fingerprint density at radius 2 is 1.64 bits per heavy atom. The van der Waals surface area contributed by atoms with Crippen molar-refractivity contribution in [1.29, 1.82) is 0 Å². The van der Waals surface area contributed by atoms with Crippen LogP contribution in [-0.2, 0) is 9.53 Å². The molecule has 0 unspecified atom stereocenters. The van der Waals surface area contributed by atoms with Gasteiger partial charge in [-0.15, -0.1) is 0 Å². The molecule has 0 bridgehead atoms. The summed E-state index contributed by atoms with van der Waals surface area (Å²) in [5, 5.41) is 0. The average Bonchev–Trinajstić information content (AvgIpc) is 2.51. The van der Waals surface area contributed by atoms with Crippen LogP contribution < -0.4 is 4.74 Å². The molecule has 0 amide bonds. The lowest BCUT2D eigenvalue weighted by Crippen LogP contribution is -2.12. The number of ether oxygens (including phenoxy) is 2. The van der Waals surface area contributed by atoms with E-state index < -0.39 is 5.97 Å². The molecule has 0 aliphatic carbocycles. The van der Waals surface area contributed by atoms with Crippen LogP contribution in [0.1, 0.15) is 69.2 Å². The van der Waals surface area contributed by atoms with Gasteiger partial charge >= 0.3 is 11.9 Å². The molecule has 0 heterocycles. The maximum absolute atomic E-state index is 11.9. The Morgan fingerprint density at radius 1 is 0.955 bits per heavy atom. The molecule has 0 atom stereocenters. The van der Waals surface area contributed by atoms with Crippen molar-refractivity contribution in [1.82, 2.24) is 0 Å². The number of benzene rings is 1. The first-order valence-electron chi connectivity index (χ1n) is 8.15. The van der Waals surface area contributed by atoms with Crippen molar-refractivity contribution in [3.8, 4) is 5.75 Å². The fourth-order valence-corrected chi connectivity index (χ4v) is 2.16. The second kappa shape index (κ2) is 10.8. The van der Waals surface area contributed by atoms with Gasteiger partial charge in [0.1, 0.15) is 11.3 Å². The fourth-order valence-electron chi connectivity index (χ4n) is 2.16. The van der Waals surface area contributed by atoms with Gasteiger partial charge in [0, 0.05) is 6.42 Å². The van der Waals surface area contributed by atoms with Crippen molar-refractivity contribution in [2.45, 2.75) is 58.8 Å². The predicted octanol–water partition coefficient (Wildman–Crippen LogP) is 4.52. The zero-order valence-corrected chi connectivity index (χ0v) is 13.6. The number of carbonyl (C=O) groups excluding carboxylic acids is 2. The third-order valence-electron chi connectivity index (χ3n) is 3.34. The molecule has 0 aliphatic rings. The van der Waals surface area contributed by atoms with Gasteiger partial charge in [-0.05, 0) is 25.5 Å². The van der Waals surface area contributed by atoms with Gasteiger partial charge in [0.2, 0.25) is 0 Å². The Kier molecular flexibility index (Phi) is 8.96. The lowest BCUT2D eigenvalue weighted by atomic mass is 10.1. The second-order valence-corrected chi connectivity index (χ2v) is 5.21. The highest BCUT2D eigenvalue weighted by atomic mass is 16.5. The number of para-hydroxylation sites is 1. The molecule has 1 aromatic rings. The molecule has 0 saturated heterocycles. The molecule has 4 heteroatoms. The number of carbonyl (C=O) groups is 2. The number of rotatable bonds is 10. The Balaban J connectivity index is 2.42. The van der Waals surface area contributed by atoms with E-state index in [9.17, 15) is 9.59 Å². The summed E-state index contributed by atoms with van der Waals surface area (Å²) in [6.45, 7) is 4.21. The van der Waals surface area contributed by atoms with Crippen LogP contribution >= 0.6 is 0 Å². The molecule has 0 saturated carbocycles. The summed E-state index contributed by atoms with van der Waals surface area (Å²) in [6, 6.07) is 6.67. The Hall–Kier alpha value is -1.84. The first-order valence-corrected chi connectivity index (χ1v) is 8.15. The van der Waals surface area contributed by atoms with E-state index >= 15 is 0 Å². The minimum atomic E-state index is -0.467. The summed E-state index contributed by atoms with van der Waals surface area (Å²) in [4.78, 5) is 23.7. The number of unbranched alkanes of at least 4 members (excludes halogenated alkanes) is 5. The molecule has 0 aromatic heterocycles. The topological polar surface area (TPSA) is 52.6 Å². The lowest BCUT2D eigenvalue weighted by Gasteiger charge is -2.09. The smallest absolute Gasteiger partial charge is 0.341 e. The van der Waals surface area contributed by atoms with Crippen molar-refractivity contribution in [2.24, 2.45) is 0 Å². The quantitative estimate of drug-likeness (QED) is 0.362. The number of hydrogen-bond acceptors (Lipinski definition) is 4. The Bertz CT molecular complexity index is 468. The van der Waals surface area contributed by atoms with Crippen LogP contribution in [0.4, 0.5) is 0 Å². The Morgan fingerprint density at radius 3 is 2.36 bits per heavy atom. The van der Waals surface area contributed by atoms with Crippen molar-refractivity contribution in [2.75, 3.05) is 6.61 Å². The zero-order chi connectivity index (χ0) is 16.2. The average molecular weight is 306 g/mol. The second-order valence-electron chi connectivity index (χ2n) is 5.21. The SMILES string of the molecule is CCCCCCCCC(=O)Oc1ccccc1C(=O)OCC. The van der Waals surface area contributed by atoms with Gasteiger partial charge < -0.3 is 9.47 Å². The third-order valence-corrected chi connectivity index (χ3v) is 3.34. The highest BCUT2D eigenvalue weighted by molar-refractivity contribution is 5.93. The Labute approximate surface area is 132 Å². The van der Waals surface area contributed by atoms with Crippen LogP contribution in [0.2, 0.25) is 0 Å². The molecule has 0 aliphatic heterocycles.